The summed E-state index contributed by atoms with van der Waals surface area (Å²) in [6, 6.07) is 7.62. The molecule has 0 radical (unpaired) electrons. The van der Waals surface area contributed by atoms with Crippen LogP contribution in [0.1, 0.15) is 6.42 Å². The molecule has 3 fully saturated rings. The average Bonchev–Trinajstić information content (AvgIpc) is 2.29. The van der Waals surface area contributed by atoms with Crippen LogP contribution in [0.5, 0.6) is 0 Å². The number of nitrogens with zero attached hydrogens (tertiary/aromatic N) is 1. The smallest absolute Gasteiger partial charge is 0.159 e. The molecule has 5 heteroatoms. The van der Waals surface area contributed by atoms with Crippen LogP contribution in [0, 0.1) is 0 Å². The lowest BCUT2D eigenvalue weighted by Crippen LogP contribution is -2.62. The summed E-state index contributed by atoms with van der Waals surface area (Å²) >= 11 is 0. The van der Waals surface area contributed by atoms with Crippen molar-refractivity contribution in [1.82, 2.24) is 0 Å². The molecule has 3 aliphatic heterocycles. The number of fused-ring (bicyclic) bond motifs is 2. The van der Waals surface area contributed by atoms with Crippen LogP contribution in [0.3, 0.4) is 0 Å². The topological polar surface area (TPSA) is 63.4 Å². The number of rotatable bonds is 1. The summed E-state index contributed by atoms with van der Waals surface area (Å²) in [4.78, 5) is 2.09. The van der Waals surface area contributed by atoms with Crippen molar-refractivity contribution < 1.29 is 8.42 Å². The van der Waals surface area contributed by atoms with Gasteiger partial charge in [0.25, 0.3) is 0 Å². The van der Waals surface area contributed by atoms with Crippen LogP contribution in [0.25, 0.3) is 0 Å². The quantitative estimate of drug-likeness (QED) is 0.729. The van der Waals surface area contributed by atoms with E-state index < -0.39 is 9.84 Å². The van der Waals surface area contributed by atoms with Crippen LogP contribution < -0.4 is 10.6 Å². The zero-order valence-electron chi connectivity index (χ0n) is 8.83. The Bertz CT molecular complexity index is 509. The third-order valence-corrected chi connectivity index (χ3v) is 6.12. The second-order valence-electron chi connectivity index (χ2n) is 4.53. The summed E-state index contributed by atoms with van der Waals surface area (Å²) in [6.07, 6.45) is 0.825. The molecule has 0 saturated carbocycles. The predicted molar refractivity (Wildman–Crippen MR) is 64.2 cm³/mol. The zero-order valence-corrected chi connectivity index (χ0v) is 9.65. The Morgan fingerprint density at radius 3 is 2.38 bits per heavy atom. The largest absolute Gasteiger partial charge is 0.397 e. The first kappa shape index (κ1) is 9.96. The highest BCUT2D eigenvalue weighted by Gasteiger charge is 2.51. The van der Waals surface area contributed by atoms with E-state index in [0.29, 0.717) is 13.1 Å². The van der Waals surface area contributed by atoms with E-state index in [1.165, 1.54) is 0 Å². The second-order valence-corrected chi connectivity index (χ2v) is 7.04. The summed E-state index contributed by atoms with van der Waals surface area (Å²) in [7, 11) is -2.80. The molecule has 0 spiro atoms. The summed E-state index contributed by atoms with van der Waals surface area (Å²) in [5, 5.41) is -0.350. The molecule has 2 bridgehead atoms. The summed E-state index contributed by atoms with van der Waals surface area (Å²) in [6.45, 7) is 1.18. The van der Waals surface area contributed by atoms with Gasteiger partial charge in [-0.25, -0.2) is 8.42 Å². The van der Waals surface area contributed by atoms with E-state index in [2.05, 4.69) is 4.90 Å². The maximum absolute atomic E-state index is 11.6. The predicted octanol–water partition coefficient (Wildman–Crippen LogP) is 0.645. The van der Waals surface area contributed by atoms with Crippen LogP contribution >= 0.6 is 0 Å². The monoisotopic (exact) mass is 238 g/mol. The fraction of sp³-hybridized carbons (Fsp3) is 0.455. The lowest BCUT2D eigenvalue weighted by atomic mass is 10.1. The Morgan fingerprint density at radius 1 is 1.19 bits per heavy atom. The van der Waals surface area contributed by atoms with E-state index in [1.54, 1.807) is 0 Å². The van der Waals surface area contributed by atoms with E-state index in [0.717, 1.165) is 17.8 Å². The third-order valence-electron chi connectivity index (χ3n) is 3.58. The van der Waals surface area contributed by atoms with Gasteiger partial charge in [0.1, 0.15) is 0 Å². The van der Waals surface area contributed by atoms with Gasteiger partial charge in [-0.2, -0.15) is 0 Å². The minimum atomic E-state index is -2.80. The second kappa shape index (κ2) is 3.13. The Balaban J connectivity index is 1.89. The van der Waals surface area contributed by atoms with Gasteiger partial charge in [-0.15, -0.1) is 0 Å². The molecule has 1 aromatic rings. The van der Waals surface area contributed by atoms with E-state index in [4.69, 9.17) is 5.73 Å². The Kier molecular flexibility index (Phi) is 1.95. The molecule has 1 aromatic carbocycles. The fourth-order valence-corrected chi connectivity index (χ4v) is 4.57. The average molecular weight is 238 g/mol. The molecule has 4 nitrogen and oxygen atoms in total. The van der Waals surface area contributed by atoms with Crippen molar-refractivity contribution >= 4 is 21.2 Å². The Hall–Kier alpha value is -1.23. The molecule has 2 N–H and O–H groups in total. The highest BCUT2D eigenvalue weighted by molar-refractivity contribution is 7.94. The molecule has 0 aromatic heterocycles. The van der Waals surface area contributed by atoms with Crippen LogP contribution in [-0.2, 0) is 9.84 Å². The molecule has 2 atom stereocenters. The summed E-state index contributed by atoms with van der Waals surface area (Å²) < 4.78 is 23.3. The van der Waals surface area contributed by atoms with Gasteiger partial charge in [0.05, 0.1) is 21.9 Å². The van der Waals surface area contributed by atoms with Crippen molar-refractivity contribution in [2.45, 2.75) is 16.9 Å². The SMILES string of the molecule is Nc1ccccc1N1CC2CC(C1)S2(=O)=O. The Labute approximate surface area is 95.0 Å². The van der Waals surface area contributed by atoms with Gasteiger partial charge >= 0.3 is 0 Å². The van der Waals surface area contributed by atoms with Crippen molar-refractivity contribution in [3.8, 4) is 0 Å². The number of nitrogen functional groups attached to an aromatic ring is 1. The van der Waals surface area contributed by atoms with Crippen molar-refractivity contribution in [1.29, 1.82) is 0 Å². The standard InChI is InChI=1S/C11H14N2O2S/c12-10-3-1-2-4-11(10)13-6-8-5-9(7-13)16(8,14)15/h1-4,8-9H,5-7,12H2. The van der Waals surface area contributed by atoms with Crippen LogP contribution in [0.2, 0.25) is 0 Å². The molecule has 3 heterocycles. The molecule has 16 heavy (non-hydrogen) atoms. The maximum Gasteiger partial charge on any atom is 0.159 e. The zero-order chi connectivity index (χ0) is 11.3. The highest BCUT2D eigenvalue weighted by Crippen LogP contribution is 2.38. The summed E-state index contributed by atoms with van der Waals surface area (Å²) in [5.41, 5.74) is 7.58. The van der Waals surface area contributed by atoms with E-state index in [9.17, 15) is 8.42 Å². The third kappa shape index (κ3) is 1.24. The van der Waals surface area contributed by atoms with E-state index in [1.807, 2.05) is 24.3 Å². The number of hydrogen-bond acceptors (Lipinski definition) is 4. The van der Waals surface area contributed by atoms with E-state index in [-0.39, 0.29) is 10.5 Å². The first-order valence-corrected chi connectivity index (χ1v) is 7.02. The number of benzene rings is 1. The van der Waals surface area contributed by atoms with Crippen molar-refractivity contribution in [3.05, 3.63) is 24.3 Å². The number of anilines is 2. The first-order chi connectivity index (χ1) is 7.59. The fourth-order valence-electron chi connectivity index (χ4n) is 2.61. The molecule has 4 rings (SSSR count). The van der Waals surface area contributed by atoms with Crippen LogP contribution in [0.4, 0.5) is 11.4 Å². The van der Waals surface area contributed by atoms with Gasteiger partial charge in [-0.05, 0) is 18.6 Å². The van der Waals surface area contributed by atoms with Crippen LogP contribution in [0.15, 0.2) is 24.3 Å². The molecule has 0 amide bonds. The normalized spacial score (nSPS) is 30.9. The van der Waals surface area contributed by atoms with E-state index >= 15 is 0 Å². The van der Waals surface area contributed by atoms with Gasteiger partial charge in [-0.3, -0.25) is 0 Å². The van der Waals surface area contributed by atoms with Gasteiger partial charge < -0.3 is 10.6 Å². The van der Waals surface area contributed by atoms with Crippen molar-refractivity contribution in [3.63, 3.8) is 0 Å². The Morgan fingerprint density at radius 2 is 1.81 bits per heavy atom. The van der Waals surface area contributed by atoms with Gasteiger partial charge in [-0.1, -0.05) is 12.1 Å². The maximum atomic E-state index is 11.6. The molecule has 3 aliphatic rings. The molecule has 0 aliphatic carbocycles. The minimum Gasteiger partial charge on any atom is -0.397 e. The highest BCUT2D eigenvalue weighted by atomic mass is 32.2. The number of hydrogen-bond donors (Lipinski definition) is 1. The lowest BCUT2D eigenvalue weighted by molar-refractivity contribution is 0.461. The minimum absolute atomic E-state index is 0.175. The number of piperidine rings is 1. The lowest BCUT2D eigenvalue weighted by Gasteiger charge is -2.47. The number of nitrogens with two attached hydrogens (primary N) is 1. The van der Waals surface area contributed by atoms with Crippen molar-refractivity contribution in [2.75, 3.05) is 23.7 Å². The van der Waals surface area contributed by atoms with Crippen LogP contribution in [-0.4, -0.2) is 32.0 Å². The molecule has 86 valence electrons. The molecular weight excluding hydrogens is 224 g/mol. The molecular formula is C11H14N2O2S. The molecule has 3 saturated heterocycles. The number of para-hydroxylation sites is 2. The van der Waals surface area contributed by atoms with Gasteiger partial charge in [0.2, 0.25) is 0 Å². The van der Waals surface area contributed by atoms with Gasteiger partial charge in [0.15, 0.2) is 9.84 Å². The molecule has 2 unspecified atom stereocenters. The van der Waals surface area contributed by atoms with Crippen molar-refractivity contribution in [2.24, 2.45) is 0 Å². The first-order valence-electron chi connectivity index (χ1n) is 5.41. The number of sulfone groups is 1. The summed E-state index contributed by atoms with van der Waals surface area (Å²) in [5.74, 6) is 0. The van der Waals surface area contributed by atoms with Gasteiger partial charge in [0, 0.05) is 13.1 Å².